The van der Waals surface area contributed by atoms with Crippen LogP contribution in [0.5, 0.6) is 0 Å². The number of fused-ring (bicyclic) bond motifs is 3. The molecule has 2 heterocycles. The molecule has 3 aromatic rings. The average molecular weight is 374 g/mol. The van der Waals surface area contributed by atoms with Crippen molar-refractivity contribution in [2.24, 2.45) is 15.7 Å². The standard InChI is InChI=1S/C24H27N3O/c1-14(2)18-13-19-17-11-8-12-26-24(17)28-22(19)20(15(3)4)21(18)27-23(25)16-9-6-5-7-10-16/h5-7,9-11,13-15H,8,12H2,1-4H3,(H2,25,27). The second-order valence-corrected chi connectivity index (χ2v) is 7.97. The Kier molecular flexibility index (Phi) is 4.80. The van der Waals surface area contributed by atoms with E-state index in [1.807, 2.05) is 30.3 Å². The lowest BCUT2D eigenvalue weighted by Gasteiger charge is -2.18. The van der Waals surface area contributed by atoms with Crippen molar-refractivity contribution in [2.45, 2.75) is 46.0 Å². The molecule has 0 radical (unpaired) electrons. The van der Waals surface area contributed by atoms with Crippen LogP contribution >= 0.6 is 0 Å². The zero-order valence-corrected chi connectivity index (χ0v) is 17.0. The van der Waals surface area contributed by atoms with Gasteiger partial charge in [0.05, 0.1) is 5.69 Å². The topological polar surface area (TPSA) is 63.9 Å². The maximum Gasteiger partial charge on any atom is 0.222 e. The maximum atomic E-state index is 6.40. The highest BCUT2D eigenvalue weighted by molar-refractivity contribution is 6.00. The summed E-state index contributed by atoms with van der Waals surface area (Å²) in [5.74, 6) is 1.09. The normalized spacial score (nSPS) is 14.3. The van der Waals surface area contributed by atoms with E-state index in [9.17, 15) is 0 Å². The average Bonchev–Trinajstić information content (AvgIpc) is 3.05. The molecule has 1 aliphatic rings. The first-order valence-corrected chi connectivity index (χ1v) is 10.0. The SMILES string of the molecule is CC(C)c1cc2c3c(oc2c(C(C)C)c1N=C(N)c1ccccc1)=NCCC=3. The molecule has 1 aromatic heterocycles. The van der Waals surface area contributed by atoms with Crippen molar-refractivity contribution in [3.63, 3.8) is 0 Å². The number of hydrogen-bond acceptors (Lipinski definition) is 3. The number of aliphatic imine (C=N–C) groups is 1. The first kappa shape index (κ1) is 18.5. The van der Waals surface area contributed by atoms with Crippen molar-refractivity contribution in [3.05, 3.63) is 63.9 Å². The van der Waals surface area contributed by atoms with Gasteiger partial charge in [-0.2, -0.15) is 0 Å². The van der Waals surface area contributed by atoms with Crippen molar-refractivity contribution >= 4 is 28.6 Å². The number of nitrogens with two attached hydrogens (primary N) is 1. The van der Waals surface area contributed by atoms with Gasteiger partial charge in [-0.1, -0.05) is 64.1 Å². The Morgan fingerprint density at radius 3 is 2.54 bits per heavy atom. The van der Waals surface area contributed by atoms with E-state index in [-0.39, 0.29) is 5.92 Å². The minimum absolute atomic E-state index is 0.246. The molecule has 0 amide bonds. The summed E-state index contributed by atoms with van der Waals surface area (Å²) in [5, 5.41) is 2.26. The maximum absolute atomic E-state index is 6.40. The molecule has 0 bridgehead atoms. The van der Waals surface area contributed by atoms with Gasteiger partial charge >= 0.3 is 0 Å². The molecule has 2 aromatic carbocycles. The van der Waals surface area contributed by atoms with Crippen LogP contribution in [0.4, 0.5) is 5.69 Å². The molecule has 0 atom stereocenters. The molecule has 4 rings (SSSR count). The fourth-order valence-electron chi connectivity index (χ4n) is 3.86. The van der Waals surface area contributed by atoms with Crippen LogP contribution in [0, 0.1) is 0 Å². The molecule has 2 N–H and O–H groups in total. The summed E-state index contributed by atoms with van der Waals surface area (Å²) in [6, 6.07) is 12.1. The lowest BCUT2D eigenvalue weighted by molar-refractivity contribution is 0.536. The Hall–Kier alpha value is -2.88. The van der Waals surface area contributed by atoms with Crippen LogP contribution in [0.3, 0.4) is 0 Å². The van der Waals surface area contributed by atoms with Gasteiger partial charge in [0, 0.05) is 28.3 Å². The molecule has 0 saturated heterocycles. The molecular weight excluding hydrogens is 346 g/mol. The zero-order chi connectivity index (χ0) is 19.8. The van der Waals surface area contributed by atoms with Crippen LogP contribution < -0.4 is 16.5 Å². The Morgan fingerprint density at radius 2 is 1.86 bits per heavy atom. The molecule has 144 valence electrons. The molecule has 4 nitrogen and oxygen atoms in total. The van der Waals surface area contributed by atoms with E-state index in [0.717, 1.165) is 51.5 Å². The number of furan rings is 1. The van der Waals surface area contributed by atoms with Gasteiger partial charge in [0.25, 0.3) is 0 Å². The zero-order valence-electron chi connectivity index (χ0n) is 17.0. The summed E-state index contributed by atoms with van der Waals surface area (Å²) in [6.45, 7) is 9.54. The van der Waals surface area contributed by atoms with E-state index >= 15 is 0 Å². The van der Waals surface area contributed by atoms with E-state index in [4.69, 9.17) is 15.1 Å². The summed E-state index contributed by atoms with van der Waals surface area (Å²) < 4.78 is 6.24. The molecule has 0 fully saturated rings. The quantitative estimate of drug-likeness (QED) is 0.540. The van der Waals surface area contributed by atoms with E-state index in [0.29, 0.717) is 11.8 Å². The number of amidine groups is 1. The van der Waals surface area contributed by atoms with E-state index in [1.165, 1.54) is 5.56 Å². The number of rotatable bonds is 4. The highest BCUT2D eigenvalue weighted by atomic mass is 16.3. The lowest BCUT2D eigenvalue weighted by atomic mass is 9.90. The van der Waals surface area contributed by atoms with Crippen LogP contribution in [-0.4, -0.2) is 12.4 Å². The van der Waals surface area contributed by atoms with Crippen molar-refractivity contribution in [2.75, 3.05) is 6.54 Å². The predicted molar refractivity (Wildman–Crippen MR) is 116 cm³/mol. The fraction of sp³-hybridized carbons (Fsp3) is 0.333. The summed E-state index contributed by atoms with van der Waals surface area (Å²) >= 11 is 0. The van der Waals surface area contributed by atoms with Crippen molar-refractivity contribution in [1.29, 1.82) is 0 Å². The fourth-order valence-corrected chi connectivity index (χ4v) is 3.86. The highest BCUT2D eigenvalue weighted by Crippen LogP contribution is 2.39. The lowest BCUT2D eigenvalue weighted by Crippen LogP contribution is -2.24. The van der Waals surface area contributed by atoms with Crippen molar-refractivity contribution < 1.29 is 4.42 Å². The third-order valence-corrected chi connectivity index (χ3v) is 5.27. The largest absolute Gasteiger partial charge is 0.438 e. The number of benzene rings is 2. The van der Waals surface area contributed by atoms with Gasteiger partial charge in [-0.05, 0) is 29.9 Å². The second-order valence-electron chi connectivity index (χ2n) is 7.97. The van der Waals surface area contributed by atoms with Crippen LogP contribution in [0.15, 0.2) is 50.8 Å². The highest BCUT2D eigenvalue weighted by Gasteiger charge is 2.22. The van der Waals surface area contributed by atoms with Crippen molar-refractivity contribution in [3.8, 4) is 0 Å². The number of nitrogens with zero attached hydrogens (tertiary/aromatic N) is 2. The van der Waals surface area contributed by atoms with Crippen LogP contribution in [0.25, 0.3) is 17.0 Å². The van der Waals surface area contributed by atoms with Gasteiger partial charge in [0.1, 0.15) is 11.4 Å². The van der Waals surface area contributed by atoms with Gasteiger partial charge in [0.15, 0.2) is 0 Å². The molecule has 0 unspecified atom stereocenters. The van der Waals surface area contributed by atoms with Crippen LogP contribution in [0.1, 0.15) is 62.6 Å². The van der Waals surface area contributed by atoms with E-state index in [2.05, 4.69) is 44.8 Å². The predicted octanol–water partition coefficient (Wildman–Crippen LogP) is 4.52. The molecule has 0 saturated carbocycles. The third kappa shape index (κ3) is 3.13. The molecule has 28 heavy (non-hydrogen) atoms. The molecular formula is C24H27N3O. The first-order valence-electron chi connectivity index (χ1n) is 10.0. The first-order chi connectivity index (χ1) is 13.5. The molecule has 0 aliphatic carbocycles. The Balaban J connectivity index is 2.07. The summed E-state index contributed by atoms with van der Waals surface area (Å²) in [6.07, 6.45) is 3.19. The molecule has 1 aliphatic heterocycles. The van der Waals surface area contributed by atoms with Crippen LogP contribution in [-0.2, 0) is 0 Å². The second kappa shape index (κ2) is 7.27. The Morgan fingerprint density at radius 1 is 1.11 bits per heavy atom. The summed E-state index contributed by atoms with van der Waals surface area (Å²) in [4.78, 5) is 9.51. The summed E-state index contributed by atoms with van der Waals surface area (Å²) in [5.41, 5.74) is 12.2. The van der Waals surface area contributed by atoms with E-state index in [1.54, 1.807) is 0 Å². The van der Waals surface area contributed by atoms with Gasteiger partial charge < -0.3 is 10.2 Å². The molecule has 4 heteroatoms. The van der Waals surface area contributed by atoms with Crippen LogP contribution in [0.2, 0.25) is 0 Å². The molecule has 0 spiro atoms. The monoisotopic (exact) mass is 373 g/mol. The Labute approximate surface area is 165 Å². The van der Waals surface area contributed by atoms with Gasteiger partial charge in [0.2, 0.25) is 5.55 Å². The van der Waals surface area contributed by atoms with E-state index < -0.39 is 0 Å². The van der Waals surface area contributed by atoms with Gasteiger partial charge in [-0.25, -0.2) is 4.99 Å². The Bertz CT molecular complexity index is 1170. The smallest absolute Gasteiger partial charge is 0.222 e. The minimum atomic E-state index is 0.246. The summed E-state index contributed by atoms with van der Waals surface area (Å²) in [7, 11) is 0. The van der Waals surface area contributed by atoms with Gasteiger partial charge in [-0.3, -0.25) is 4.99 Å². The van der Waals surface area contributed by atoms with Gasteiger partial charge in [-0.15, -0.1) is 0 Å². The van der Waals surface area contributed by atoms with Crippen molar-refractivity contribution in [1.82, 2.24) is 0 Å². The third-order valence-electron chi connectivity index (χ3n) is 5.27. The minimum Gasteiger partial charge on any atom is -0.438 e. The number of hydrogen-bond donors (Lipinski definition) is 1.